The van der Waals surface area contributed by atoms with Crippen LogP contribution in [0.3, 0.4) is 0 Å². The summed E-state index contributed by atoms with van der Waals surface area (Å²) >= 11 is 0. The van der Waals surface area contributed by atoms with E-state index in [1.165, 1.54) is 11.1 Å². The zero-order valence-corrected chi connectivity index (χ0v) is 17.2. The van der Waals surface area contributed by atoms with E-state index in [9.17, 15) is 8.42 Å². The summed E-state index contributed by atoms with van der Waals surface area (Å²) in [6.07, 6.45) is 0. The molecule has 2 aromatic carbocycles. The van der Waals surface area contributed by atoms with E-state index in [1.54, 1.807) is 10.4 Å². The zero-order valence-electron chi connectivity index (χ0n) is 15.6. The fourth-order valence-corrected chi connectivity index (χ4v) is 4.94. The molecule has 1 heterocycles. The lowest BCUT2D eigenvalue weighted by molar-refractivity contribution is 0.181. The highest BCUT2D eigenvalue weighted by Gasteiger charge is 2.29. The number of piperazine rings is 1. The standard InChI is InChI=1S/C20H26N2O2S.ClH/c1-16-5-8-19(9-6-16)15-21-10-12-22(13-11-21)25(23,24)20-14-17(2)4-7-18(20)3;/h4-9,14H,10-13,15H2,1-3H3;1H. The fourth-order valence-electron chi connectivity index (χ4n) is 3.20. The van der Waals surface area contributed by atoms with Crippen LogP contribution in [0.15, 0.2) is 47.4 Å². The van der Waals surface area contributed by atoms with E-state index in [1.807, 2.05) is 26.0 Å². The summed E-state index contributed by atoms with van der Waals surface area (Å²) in [6, 6.07) is 14.2. The summed E-state index contributed by atoms with van der Waals surface area (Å²) in [5, 5.41) is 0. The topological polar surface area (TPSA) is 40.6 Å². The molecule has 0 saturated carbocycles. The summed E-state index contributed by atoms with van der Waals surface area (Å²) in [7, 11) is -3.41. The molecule has 0 bridgehead atoms. The largest absolute Gasteiger partial charge is 0.296 e. The SMILES string of the molecule is Cc1ccc(CN2CCN(S(=O)(=O)c3cc(C)ccc3C)CC2)cc1.Cl. The van der Waals surface area contributed by atoms with Crippen molar-refractivity contribution >= 4 is 22.4 Å². The van der Waals surface area contributed by atoms with Gasteiger partial charge in [-0.1, -0.05) is 42.0 Å². The van der Waals surface area contributed by atoms with Gasteiger partial charge in [0.25, 0.3) is 0 Å². The molecule has 3 rings (SSSR count). The van der Waals surface area contributed by atoms with E-state index in [-0.39, 0.29) is 12.4 Å². The van der Waals surface area contributed by atoms with E-state index in [4.69, 9.17) is 0 Å². The van der Waals surface area contributed by atoms with Crippen molar-refractivity contribution in [3.63, 3.8) is 0 Å². The number of halogens is 1. The molecule has 1 fully saturated rings. The van der Waals surface area contributed by atoms with Crippen LogP contribution in [0.2, 0.25) is 0 Å². The Morgan fingerprint density at radius 2 is 1.42 bits per heavy atom. The van der Waals surface area contributed by atoms with E-state index in [0.29, 0.717) is 18.0 Å². The number of hydrogen-bond acceptors (Lipinski definition) is 3. The molecule has 4 nitrogen and oxygen atoms in total. The maximum absolute atomic E-state index is 13.0. The first-order chi connectivity index (χ1) is 11.9. The predicted octanol–water partition coefficient (Wildman–Crippen LogP) is 3.54. The molecule has 0 radical (unpaired) electrons. The molecule has 2 aromatic rings. The second-order valence-electron chi connectivity index (χ2n) is 6.93. The smallest absolute Gasteiger partial charge is 0.243 e. The molecule has 0 atom stereocenters. The second-order valence-corrected chi connectivity index (χ2v) is 8.84. The number of benzene rings is 2. The van der Waals surface area contributed by atoms with Crippen molar-refractivity contribution in [1.29, 1.82) is 0 Å². The Balaban J connectivity index is 0.00000243. The number of sulfonamides is 1. The van der Waals surface area contributed by atoms with Crippen LogP contribution in [0.5, 0.6) is 0 Å². The fraction of sp³-hybridized carbons (Fsp3) is 0.400. The molecule has 26 heavy (non-hydrogen) atoms. The third-order valence-electron chi connectivity index (χ3n) is 4.82. The van der Waals surface area contributed by atoms with Gasteiger partial charge in [-0.2, -0.15) is 4.31 Å². The molecule has 0 aromatic heterocycles. The van der Waals surface area contributed by atoms with Gasteiger partial charge in [0, 0.05) is 32.7 Å². The number of hydrogen-bond donors (Lipinski definition) is 0. The average Bonchev–Trinajstić information content (AvgIpc) is 2.59. The summed E-state index contributed by atoms with van der Waals surface area (Å²) in [5.41, 5.74) is 4.32. The van der Waals surface area contributed by atoms with Crippen molar-refractivity contribution in [3.05, 3.63) is 64.7 Å². The Morgan fingerprint density at radius 1 is 0.846 bits per heavy atom. The summed E-state index contributed by atoms with van der Waals surface area (Å²) < 4.78 is 27.6. The van der Waals surface area contributed by atoms with Crippen LogP contribution in [-0.4, -0.2) is 43.8 Å². The monoisotopic (exact) mass is 394 g/mol. The Bertz CT molecular complexity index is 843. The van der Waals surface area contributed by atoms with Crippen LogP contribution in [-0.2, 0) is 16.6 Å². The van der Waals surface area contributed by atoms with E-state index in [0.717, 1.165) is 30.8 Å². The molecule has 0 aliphatic carbocycles. The molecule has 0 spiro atoms. The minimum Gasteiger partial charge on any atom is -0.296 e. The van der Waals surface area contributed by atoms with Gasteiger partial charge in [-0.3, -0.25) is 4.90 Å². The van der Waals surface area contributed by atoms with E-state index >= 15 is 0 Å². The van der Waals surface area contributed by atoms with E-state index in [2.05, 4.69) is 36.1 Å². The van der Waals surface area contributed by atoms with E-state index < -0.39 is 10.0 Å². The number of rotatable bonds is 4. The van der Waals surface area contributed by atoms with Crippen molar-refractivity contribution in [2.75, 3.05) is 26.2 Å². The molecule has 1 aliphatic heterocycles. The van der Waals surface area contributed by atoms with Gasteiger partial charge in [-0.05, 0) is 43.5 Å². The van der Waals surface area contributed by atoms with Crippen LogP contribution in [0.1, 0.15) is 22.3 Å². The lowest BCUT2D eigenvalue weighted by Gasteiger charge is -2.34. The lowest BCUT2D eigenvalue weighted by Crippen LogP contribution is -2.48. The predicted molar refractivity (Wildman–Crippen MR) is 108 cm³/mol. The van der Waals surface area contributed by atoms with Gasteiger partial charge >= 0.3 is 0 Å². The Hall–Kier alpha value is -1.40. The van der Waals surface area contributed by atoms with Gasteiger partial charge in [0.05, 0.1) is 4.90 Å². The van der Waals surface area contributed by atoms with Crippen LogP contribution < -0.4 is 0 Å². The van der Waals surface area contributed by atoms with Gasteiger partial charge in [0.1, 0.15) is 0 Å². The molecule has 0 N–H and O–H groups in total. The minimum atomic E-state index is -3.41. The zero-order chi connectivity index (χ0) is 18.0. The van der Waals surface area contributed by atoms with Gasteiger partial charge in [0.15, 0.2) is 0 Å². The van der Waals surface area contributed by atoms with Crippen LogP contribution in [0, 0.1) is 20.8 Å². The Labute approximate surface area is 163 Å². The normalized spacial score (nSPS) is 16.3. The third kappa shape index (κ3) is 4.65. The molecular weight excluding hydrogens is 368 g/mol. The third-order valence-corrected chi connectivity index (χ3v) is 6.86. The highest BCUT2D eigenvalue weighted by atomic mass is 35.5. The molecule has 0 amide bonds. The highest BCUT2D eigenvalue weighted by Crippen LogP contribution is 2.22. The van der Waals surface area contributed by atoms with Gasteiger partial charge in [0.2, 0.25) is 10.0 Å². The molecule has 1 aliphatic rings. The summed E-state index contributed by atoms with van der Waals surface area (Å²) in [5.74, 6) is 0. The van der Waals surface area contributed by atoms with Crippen molar-refractivity contribution in [3.8, 4) is 0 Å². The number of aryl methyl sites for hydroxylation is 3. The van der Waals surface area contributed by atoms with Crippen LogP contribution >= 0.6 is 12.4 Å². The van der Waals surface area contributed by atoms with Crippen molar-refractivity contribution in [1.82, 2.24) is 9.21 Å². The van der Waals surface area contributed by atoms with Crippen molar-refractivity contribution < 1.29 is 8.42 Å². The first-order valence-corrected chi connectivity index (χ1v) is 10.2. The first-order valence-electron chi connectivity index (χ1n) is 8.71. The lowest BCUT2D eigenvalue weighted by atomic mass is 10.1. The molecular formula is C20H27ClN2O2S. The van der Waals surface area contributed by atoms with Gasteiger partial charge in [-0.25, -0.2) is 8.42 Å². The molecule has 1 saturated heterocycles. The Kier molecular flexibility index (Phi) is 6.86. The van der Waals surface area contributed by atoms with Crippen LogP contribution in [0.4, 0.5) is 0 Å². The molecule has 142 valence electrons. The number of nitrogens with zero attached hydrogens (tertiary/aromatic N) is 2. The highest BCUT2D eigenvalue weighted by molar-refractivity contribution is 7.89. The maximum Gasteiger partial charge on any atom is 0.243 e. The Morgan fingerprint density at radius 3 is 2.04 bits per heavy atom. The van der Waals surface area contributed by atoms with Gasteiger partial charge in [-0.15, -0.1) is 12.4 Å². The first kappa shape index (κ1) is 20.9. The van der Waals surface area contributed by atoms with Crippen molar-refractivity contribution in [2.45, 2.75) is 32.2 Å². The minimum absolute atomic E-state index is 0. The van der Waals surface area contributed by atoms with Crippen molar-refractivity contribution in [2.24, 2.45) is 0 Å². The summed E-state index contributed by atoms with van der Waals surface area (Å²) in [6.45, 7) is 9.36. The quantitative estimate of drug-likeness (QED) is 0.796. The molecule has 6 heteroatoms. The summed E-state index contributed by atoms with van der Waals surface area (Å²) in [4.78, 5) is 2.76. The average molecular weight is 395 g/mol. The molecule has 0 unspecified atom stereocenters. The second kappa shape index (κ2) is 8.53. The van der Waals surface area contributed by atoms with Crippen LogP contribution in [0.25, 0.3) is 0 Å². The maximum atomic E-state index is 13.0. The van der Waals surface area contributed by atoms with Gasteiger partial charge < -0.3 is 0 Å².